The third kappa shape index (κ3) is 2.87. The number of hydrogen-bond acceptors (Lipinski definition) is 3. The van der Waals surface area contributed by atoms with Crippen LogP contribution in [0.3, 0.4) is 0 Å². The summed E-state index contributed by atoms with van der Waals surface area (Å²) in [5.74, 6) is 1.75. The van der Waals surface area contributed by atoms with Gasteiger partial charge >= 0.3 is 0 Å². The molecule has 0 radical (unpaired) electrons. The second-order valence-electron chi connectivity index (χ2n) is 6.14. The second-order valence-corrected chi connectivity index (χ2v) is 6.14. The van der Waals surface area contributed by atoms with Crippen LogP contribution in [0.5, 0.6) is 0 Å². The van der Waals surface area contributed by atoms with Crippen molar-refractivity contribution < 1.29 is 4.79 Å². The maximum Gasteiger partial charge on any atom is 0.257 e. The van der Waals surface area contributed by atoms with E-state index in [0.717, 1.165) is 37.8 Å². The molecule has 3 heterocycles. The molecule has 20 heavy (non-hydrogen) atoms. The highest BCUT2D eigenvalue weighted by Gasteiger charge is 2.29. The third-order valence-corrected chi connectivity index (χ3v) is 4.78. The summed E-state index contributed by atoms with van der Waals surface area (Å²) in [5, 5.41) is 7.58. The predicted octanol–water partition coefficient (Wildman–Crippen LogP) is 1.27. The average molecular weight is 276 g/mol. The molecule has 5 nitrogen and oxygen atoms in total. The summed E-state index contributed by atoms with van der Waals surface area (Å²) >= 11 is 0. The molecule has 1 aromatic rings. The van der Waals surface area contributed by atoms with E-state index in [1.165, 1.54) is 25.9 Å². The highest BCUT2D eigenvalue weighted by atomic mass is 16.2. The highest BCUT2D eigenvalue weighted by Crippen LogP contribution is 2.29. The van der Waals surface area contributed by atoms with Crippen molar-refractivity contribution in [2.45, 2.75) is 25.7 Å². The Labute approximate surface area is 120 Å². The summed E-state index contributed by atoms with van der Waals surface area (Å²) in [6, 6.07) is 0. The van der Waals surface area contributed by atoms with Gasteiger partial charge in [-0.25, -0.2) is 0 Å². The molecule has 5 heteroatoms. The number of nitrogens with one attached hydrogen (secondary N) is 1. The summed E-state index contributed by atoms with van der Waals surface area (Å²) in [6.07, 6.45) is 8.43. The normalized spacial score (nSPS) is 24.9. The molecular weight excluding hydrogens is 252 g/mol. The Bertz CT molecular complexity index is 456. The molecule has 0 bridgehead atoms. The van der Waals surface area contributed by atoms with Crippen molar-refractivity contribution in [2.75, 3.05) is 26.2 Å². The van der Waals surface area contributed by atoms with Gasteiger partial charge < -0.3 is 10.2 Å². The minimum absolute atomic E-state index is 0.137. The van der Waals surface area contributed by atoms with Gasteiger partial charge in [0, 0.05) is 26.3 Å². The molecule has 0 saturated carbocycles. The standard InChI is InChI=1S/C15H24N4O/c1-18-11-14(10-17-18)15(20)19-7-4-12(5-8-19)13-3-2-6-16-9-13/h10-13,16H,2-9H2,1H3. The van der Waals surface area contributed by atoms with Crippen molar-refractivity contribution in [3.05, 3.63) is 18.0 Å². The van der Waals surface area contributed by atoms with Gasteiger partial charge in [0.1, 0.15) is 0 Å². The maximum atomic E-state index is 12.4. The number of piperidine rings is 2. The number of nitrogens with zero attached hydrogens (tertiary/aromatic N) is 3. The van der Waals surface area contributed by atoms with E-state index >= 15 is 0 Å². The fourth-order valence-electron chi connectivity index (χ4n) is 3.57. The zero-order chi connectivity index (χ0) is 13.9. The molecule has 0 spiro atoms. The molecule has 1 N–H and O–H groups in total. The summed E-state index contributed by atoms with van der Waals surface area (Å²) < 4.78 is 1.69. The first-order valence-electron chi connectivity index (χ1n) is 7.72. The Morgan fingerprint density at radius 3 is 2.70 bits per heavy atom. The first-order chi connectivity index (χ1) is 9.74. The van der Waals surface area contributed by atoms with Crippen molar-refractivity contribution in [3.8, 4) is 0 Å². The molecule has 110 valence electrons. The summed E-state index contributed by atoms with van der Waals surface area (Å²) in [4.78, 5) is 14.3. The lowest BCUT2D eigenvalue weighted by Gasteiger charge is -2.37. The number of likely N-dealkylation sites (tertiary alicyclic amines) is 1. The first kappa shape index (κ1) is 13.6. The van der Waals surface area contributed by atoms with Crippen molar-refractivity contribution >= 4 is 5.91 Å². The molecule has 1 aromatic heterocycles. The van der Waals surface area contributed by atoms with Gasteiger partial charge in [-0.15, -0.1) is 0 Å². The molecule has 1 unspecified atom stereocenters. The highest BCUT2D eigenvalue weighted by molar-refractivity contribution is 5.93. The summed E-state index contributed by atoms with van der Waals surface area (Å²) in [7, 11) is 1.85. The lowest BCUT2D eigenvalue weighted by atomic mass is 9.80. The van der Waals surface area contributed by atoms with E-state index in [9.17, 15) is 4.79 Å². The Morgan fingerprint density at radius 1 is 1.30 bits per heavy atom. The molecule has 0 aliphatic carbocycles. The largest absolute Gasteiger partial charge is 0.339 e. The maximum absolute atomic E-state index is 12.4. The lowest BCUT2D eigenvalue weighted by molar-refractivity contribution is 0.0645. The van der Waals surface area contributed by atoms with Crippen molar-refractivity contribution in [1.29, 1.82) is 0 Å². The number of rotatable bonds is 2. The van der Waals surface area contributed by atoms with Crippen molar-refractivity contribution in [3.63, 3.8) is 0 Å². The second kappa shape index (κ2) is 5.95. The molecule has 2 aliphatic heterocycles. The third-order valence-electron chi connectivity index (χ3n) is 4.78. The van der Waals surface area contributed by atoms with Crippen molar-refractivity contribution in [2.24, 2.45) is 18.9 Å². The van der Waals surface area contributed by atoms with Gasteiger partial charge in [-0.05, 0) is 50.6 Å². The monoisotopic (exact) mass is 276 g/mol. The topological polar surface area (TPSA) is 50.2 Å². The van der Waals surface area contributed by atoms with Gasteiger partial charge in [-0.1, -0.05) is 0 Å². The van der Waals surface area contributed by atoms with Crippen LogP contribution in [0, 0.1) is 11.8 Å². The Balaban J connectivity index is 1.54. The van der Waals surface area contributed by atoms with Gasteiger partial charge in [0.05, 0.1) is 11.8 Å². The zero-order valence-electron chi connectivity index (χ0n) is 12.2. The van der Waals surface area contributed by atoms with E-state index in [1.54, 1.807) is 17.1 Å². The van der Waals surface area contributed by atoms with Crippen LogP contribution in [0.2, 0.25) is 0 Å². The first-order valence-corrected chi connectivity index (χ1v) is 7.72. The molecular formula is C15H24N4O. The smallest absolute Gasteiger partial charge is 0.257 e. The SMILES string of the molecule is Cn1cc(C(=O)N2CCC(C3CCCNC3)CC2)cn1. The minimum Gasteiger partial charge on any atom is -0.339 e. The number of aromatic nitrogens is 2. The van der Waals surface area contributed by atoms with E-state index in [4.69, 9.17) is 0 Å². The fourth-order valence-corrected chi connectivity index (χ4v) is 3.57. The quantitative estimate of drug-likeness (QED) is 0.885. The van der Waals surface area contributed by atoms with Crippen LogP contribution in [0.25, 0.3) is 0 Å². The molecule has 2 saturated heterocycles. The van der Waals surface area contributed by atoms with E-state index in [2.05, 4.69) is 10.4 Å². The van der Waals surface area contributed by atoms with Crippen LogP contribution in [-0.2, 0) is 7.05 Å². The van der Waals surface area contributed by atoms with Crippen LogP contribution in [0.1, 0.15) is 36.0 Å². The number of amides is 1. The van der Waals surface area contributed by atoms with Crippen LogP contribution in [0.15, 0.2) is 12.4 Å². The number of hydrogen-bond donors (Lipinski definition) is 1. The lowest BCUT2D eigenvalue weighted by Crippen LogP contribution is -2.43. The zero-order valence-corrected chi connectivity index (χ0v) is 12.2. The average Bonchev–Trinajstić information content (AvgIpc) is 2.94. The van der Waals surface area contributed by atoms with Gasteiger partial charge in [0.25, 0.3) is 5.91 Å². The van der Waals surface area contributed by atoms with Crippen molar-refractivity contribution in [1.82, 2.24) is 20.0 Å². The van der Waals surface area contributed by atoms with Gasteiger partial charge in [-0.3, -0.25) is 9.48 Å². The molecule has 2 fully saturated rings. The Hall–Kier alpha value is -1.36. The molecule has 3 rings (SSSR count). The predicted molar refractivity (Wildman–Crippen MR) is 77.4 cm³/mol. The Kier molecular flexibility index (Phi) is 4.05. The minimum atomic E-state index is 0.137. The van der Waals surface area contributed by atoms with E-state index < -0.39 is 0 Å². The fraction of sp³-hybridized carbons (Fsp3) is 0.733. The van der Waals surface area contributed by atoms with Crippen LogP contribution < -0.4 is 5.32 Å². The van der Waals surface area contributed by atoms with Gasteiger partial charge in [-0.2, -0.15) is 5.10 Å². The van der Waals surface area contributed by atoms with E-state index in [0.29, 0.717) is 5.56 Å². The molecule has 0 aromatic carbocycles. The molecule has 1 amide bonds. The number of carbonyl (C=O) groups is 1. The van der Waals surface area contributed by atoms with E-state index in [1.807, 2.05) is 11.9 Å². The summed E-state index contributed by atoms with van der Waals surface area (Å²) in [6.45, 7) is 4.14. The van der Waals surface area contributed by atoms with Gasteiger partial charge in [0.2, 0.25) is 0 Å². The van der Waals surface area contributed by atoms with Crippen LogP contribution in [0.4, 0.5) is 0 Å². The Morgan fingerprint density at radius 2 is 2.10 bits per heavy atom. The molecule has 1 atom stereocenters. The van der Waals surface area contributed by atoms with Crippen LogP contribution in [-0.4, -0.2) is 46.8 Å². The number of aryl methyl sites for hydroxylation is 1. The molecule has 2 aliphatic rings. The number of carbonyl (C=O) groups excluding carboxylic acids is 1. The van der Waals surface area contributed by atoms with Crippen LogP contribution >= 0.6 is 0 Å². The summed E-state index contributed by atoms with van der Waals surface area (Å²) in [5.41, 5.74) is 0.713. The van der Waals surface area contributed by atoms with E-state index in [-0.39, 0.29) is 5.91 Å². The van der Waals surface area contributed by atoms with Gasteiger partial charge in [0.15, 0.2) is 0 Å².